The number of carbonyl (C=O) groups excluding carboxylic acids is 1. The number of rotatable bonds is 2. The Bertz CT molecular complexity index is 803. The number of phenols is 2. The summed E-state index contributed by atoms with van der Waals surface area (Å²) in [5.74, 6) is 0.628. The van der Waals surface area contributed by atoms with Gasteiger partial charge in [0.1, 0.15) is 17.4 Å². The molecule has 4 aliphatic rings. The van der Waals surface area contributed by atoms with E-state index in [-0.39, 0.29) is 29.7 Å². The van der Waals surface area contributed by atoms with Gasteiger partial charge in [-0.05, 0) is 30.9 Å². The minimum atomic E-state index is -0.999. The molecule has 2 saturated carbocycles. The summed E-state index contributed by atoms with van der Waals surface area (Å²) in [5, 5.41) is 32.9. The maximum absolute atomic E-state index is 12.4. The molecule has 0 amide bonds. The third-order valence-corrected chi connectivity index (χ3v) is 7.97. The van der Waals surface area contributed by atoms with Crippen LogP contribution in [0.25, 0.3) is 0 Å². The van der Waals surface area contributed by atoms with Gasteiger partial charge >= 0.3 is 0 Å². The number of fused-ring (bicyclic) bond motifs is 1. The van der Waals surface area contributed by atoms with E-state index in [1.807, 2.05) is 6.07 Å². The van der Waals surface area contributed by atoms with Crippen LogP contribution in [0.4, 0.5) is 0 Å². The largest absolute Gasteiger partial charge is 0.504 e. The Balaban J connectivity index is 1.72. The van der Waals surface area contributed by atoms with Gasteiger partial charge in [-0.15, -0.1) is 0 Å². The number of hydrogen-bond donors (Lipinski definition) is 3. The molecular weight excluding hydrogens is 330 g/mol. The molecule has 1 saturated heterocycles. The number of piperidine rings is 1. The van der Waals surface area contributed by atoms with E-state index >= 15 is 0 Å². The number of carbonyl (C=O) groups is 1. The smallest absolute Gasteiger partial charge is 0.161 e. The van der Waals surface area contributed by atoms with Gasteiger partial charge in [0.15, 0.2) is 11.5 Å². The predicted molar refractivity (Wildman–Crippen MR) is 96.0 cm³/mol. The van der Waals surface area contributed by atoms with Gasteiger partial charge in [0.2, 0.25) is 0 Å². The summed E-state index contributed by atoms with van der Waals surface area (Å²) < 4.78 is 0.859. The monoisotopic (exact) mass is 358 g/mol. The SMILES string of the molecule is C[N@@+]1(CC2CC2)CC[C@]23CC(=O)CCC2(O)C1Cc1ccc(O)c(O)c13. The van der Waals surface area contributed by atoms with Crippen molar-refractivity contribution in [3.8, 4) is 11.5 Å². The molecule has 0 aromatic heterocycles. The van der Waals surface area contributed by atoms with Crippen molar-refractivity contribution in [2.45, 2.75) is 62.0 Å². The highest BCUT2D eigenvalue weighted by atomic mass is 16.3. The van der Waals surface area contributed by atoms with E-state index in [1.165, 1.54) is 12.8 Å². The molecule has 1 aliphatic heterocycles. The fourth-order valence-electron chi connectivity index (χ4n) is 6.52. The minimum Gasteiger partial charge on any atom is -0.504 e. The van der Waals surface area contributed by atoms with Crippen molar-refractivity contribution in [1.29, 1.82) is 0 Å². The van der Waals surface area contributed by atoms with Gasteiger partial charge in [0.25, 0.3) is 0 Å². The second-order valence-corrected chi connectivity index (χ2v) is 9.49. The number of benzene rings is 1. The number of aliphatic hydroxyl groups is 1. The van der Waals surface area contributed by atoms with Crippen molar-refractivity contribution in [2.75, 3.05) is 20.1 Å². The van der Waals surface area contributed by atoms with Crippen LogP contribution >= 0.6 is 0 Å². The molecule has 2 bridgehead atoms. The van der Waals surface area contributed by atoms with E-state index in [9.17, 15) is 20.1 Å². The highest BCUT2D eigenvalue weighted by molar-refractivity contribution is 5.83. The van der Waals surface area contributed by atoms with Gasteiger partial charge < -0.3 is 19.8 Å². The summed E-state index contributed by atoms with van der Waals surface area (Å²) >= 11 is 0. The van der Waals surface area contributed by atoms with Crippen LogP contribution in [0.2, 0.25) is 0 Å². The van der Waals surface area contributed by atoms with Crippen LogP contribution in [0, 0.1) is 5.92 Å². The molecule has 1 aromatic rings. The molecular formula is C21H28NO4+. The van der Waals surface area contributed by atoms with Crippen molar-refractivity contribution in [3.05, 3.63) is 23.3 Å². The average molecular weight is 358 g/mol. The van der Waals surface area contributed by atoms with E-state index < -0.39 is 11.0 Å². The highest BCUT2D eigenvalue weighted by Crippen LogP contribution is 2.61. The lowest BCUT2D eigenvalue weighted by atomic mass is 9.48. The van der Waals surface area contributed by atoms with Crippen LogP contribution in [0.1, 0.15) is 49.7 Å². The average Bonchev–Trinajstić information content (AvgIpc) is 3.39. The zero-order chi connectivity index (χ0) is 18.3. The molecule has 26 heavy (non-hydrogen) atoms. The molecule has 5 rings (SSSR count). The first-order chi connectivity index (χ1) is 12.3. The Morgan fingerprint density at radius 2 is 2.00 bits per heavy atom. The second kappa shape index (κ2) is 5.02. The summed E-state index contributed by atoms with van der Waals surface area (Å²) in [6.45, 7) is 2.00. The van der Waals surface area contributed by atoms with Crippen LogP contribution in [0.5, 0.6) is 11.5 Å². The third kappa shape index (κ3) is 1.96. The summed E-state index contributed by atoms with van der Waals surface area (Å²) in [6.07, 6.45) is 5.09. The Morgan fingerprint density at radius 3 is 2.73 bits per heavy atom. The molecule has 5 heteroatoms. The number of likely N-dealkylation sites (tertiary alicyclic amines) is 1. The number of aromatic hydroxyl groups is 2. The lowest BCUT2D eigenvalue weighted by molar-refractivity contribution is -0.950. The number of quaternary nitrogens is 1. The maximum Gasteiger partial charge on any atom is 0.161 e. The van der Waals surface area contributed by atoms with Gasteiger partial charge in [-0.3, -0.25) is 4.79 Å². The molecule has 2 unspecified atom stereocenters. The normalized spacial score (nSPS) is 41.5. The minimum absolute atomic E-state index is 0.0430. The van der Waals surface area contributed by atoms with E-state index in [0.29, 0.717) is 31.2 Å². The van der Waals surface area contributed by atoms with Crippen LogP contribution in [-0.2, 0) is 16.6 Å². The summed E-state index contributed by atoms with van der Waals surface area (Å²) in [4.78, 5) is 12.4. The second-order valence-electron chi connectivity index (χ2n) is 9.49. The Morgan fingerprint density at radius 1 is 1.23 bits per heavy atom. The van der Waals surface area contributed by atoms with Crippen LogP contribution < -0.4 is 0 Å². The van der Waals surface area contributed by atoms with Crippen LogP contribution in [0.15, 0.2) is 12.1 Å². The predicted octanol–water partition coefficient (Wildman–Crippen LogP) is 2.00. The molecule has 3 fully saturated rings. The zero-order valence-electron chi connectivity index (χ0n) is 15.4. The molecule has 3 aliphatic carbocycles. The van der Waals surface area contributed by atoms with Crippen molar-refractivity contribution < 1.29 is 24.6 Å². The number of Topliss-reactive ketones (excluding diaryl/α,β-unsaturated/α-hetero) is 1. The first kappa shape index (κ1) is 16.6. The number of ketones is 1. The van der Waals surface area contributed by atoms with Gasteiger partial charge in [-0.2, -0.15) is 0 Å². The maximum atomic E-state index is 12.4. The Labute approximate surface area is 153 Å². The van der Waals surface area contributed by atoms with E-state index in [0.717, 1.165) is 29.1 Å². The molecule has 1 heterocycles. The van der Waals surface area contributed by atoms with E-state index in [2.05, 4.69) is 7.05 Å². The topological polar surface area (TPSA) is 77.8 Å². The fourth-order valence-corrected chi connectivity index (χ4v) is 6.52. The summed E-state index contributed by atoms with van der Waals surface area (Å²) in [5.41, 5.74) is -0.127. The first-order valence-corrected chi connectivity index (χ1v) is 9.92. The van der Waals surface area contributed by atoms with Crippen molar-refractivity contribution in [2.24, 2.45) is 5.92 Å². The number of hydrogen-bond acceptors (Lipinski definition) is 4. The molecule has 0 spiro atoms. The Kier molecular flexibility index (Phi) is 3.20. The molecule has 140 valence electrons. The molecule has 3 N–H and O–H groups in total. The van der Waals surface area contributed by atoms with Crippen molar-refractivity contribution in [3.63, 3.8) is 0 Å². The highest BCUT2D eigenvalue weighted by Gasteiger charge is 2.70. The van der Waals surface area contributed by atoms with Crippen molar-refractivity contribution in [1.82, 2.24) is 0 Å². The summed E-state index contributed by atoms with van der Waals surface area (Å²) in [6, 6.07) is 3.46. The van der Waals surface area contributed by atoms with E-state index in [1.54, 1.807) is 6.07 Å². The molecule has 5 nitrogen and oxygen atoms in total. The third-order valence-electron chi connectivity index (χ3n) is 7.97. The van der Waals surface area contributed by atoms with Gasteiger partial charge in [-0.1, -0.05) is 6.07 Å². The Hall–Kier alpha value is -1.59. The van der Waals surface area contributed by atoms with E-state index in [4.69, 9.17) is 0 Å². The fraction of sp³-hybridized carbons (Fsp3) is 0.667. The number of phenolic OH excluding ortho intramolecular Hbond substituents is 2. The van der Waals surface area contributed by atoms with Crippen LogP contribution in [-0.4, -0.2) is 57.4 Å². The number of nitrogens with zero attached hydrogens (tertiary/aromatic N) is 1. The lowest BCUT2D eigenvalue weighted by Crippen LogP contribution is -2.78. The van der Waals surface area contributed by atoms with Crippen LogP contribution in [0.3, 0.4) is 0 Å². The van der Waals surface area contributed by atoms with Gasteiger partial charge in [0.05, 0.1) is 20.1 Å². The zero-order valence-corrected chi connectivity index (χ0v) is 15.4. The first-order valence-electron chi connectivity index (χ1n) is 9.92. The van der Waals surface area contributed by atoms with Crippen molar-refractivity contribution >= 4 is 5.78 Å². The molecule has 0 radical (unpaired) electrons. The summed E-state index contributed by atoms with van der Waals surface area (Å²) in [7, 11) is 2.27. The molecule has 1 aromatic carbocycles. The standard InChI is InChI=1S/C21H27NO4/c1-22(12-13-2-3-13)9-8-20-11-15(23)6-7-21(20,26)17(22)10-14-4-5-16(24)19(25)18(14)20/h4-5,13,17,26H,2-3,6-12H2,1H3,(H-,24,25)/p+1/t17?,20-,21?,22+/m1/s1. The van der Waals surface area contributed by atoms with Gasteiger partial charge in [0, 0.05) is 42.6 Å². The van der Waals surface area contributed by atoms with Gasteiger partial charge in [-0.25, -0.2) is 0 Å². The quantitative estimate of drug-likeness (QED) is 0.558. The number of likely N-dealkylation sites (N-methyl/N-ethyl adjacent to an activating group) is 1. The molecule has 4 atom stereocenters. The lowest BCUT2D eigenvalue weighted by Gasteiger charge is -2.65.